The van der Waals surface area contributed by atoms with Gasteiger partial charge in [-0.15, -0.1) is 0 Å². The molecule has 1 unspecified atom stereocenters. The van der Waals surface area contributed by atoms with Crippen molar-refractivity contribution in [3.05, 3.63) is 81.5 Å². The molecule has 4 rings (SSSR count). The number of aromatic amines is 1. The molecule has 0 fully saturated rings. The van der Waals surface area contributed by atoms with Crippen LogP contribution in [-0.4, -0.2) is 20.9 Å². The summed E-state index contributed by atoms with van der Waals surface area (Å²) in [5.41, 5.74) is 1.34. The van der Waals surface area contributed by atoms with Crippen molar-refractivity contribution in [2.45, 2.75) is 13.0 Å². The lowest BCUT2D eigenvalue weighted by atomic mass is 10.1. The molecular weight excluding hydrogens is 366 g/mol. The van der Waals surface area contributed by atoms with Crippen LogP contribution in [0.15, 0.2) is 59.4 Å². The van der Waals surface area contributed by atoms with E-state index in [-0.39, 0.29) is 5.56 Å². The number of ether oxygens (including phenoxy) is 1. The number of para-hydroxylation sites is 1. The number of nitrogens with one attached hydrogen (secondary N) is 1. The minimum absolute atomic E-state index is 0.271. The Morgan fingerprint density at radius 1 is 1.07 bits per heavy atom. The summed E-state index contributed by atoms with van der Waals surface area (Å²) in [4.78, 5) is 35.9. The largest absolute Gasteiger partial charge is 0.451 e. The number of H-pyrrole nitrogens is 1. The van der Waals surface area contributed by atoms with Crippen molar-refractivity contribution in [1.29, 1.82) is 0 Å². The van der Waals surface area contributed by atoms with E-state index in [9.17, 15) is 9.59 Å². The van der Waals surface area contributed by atoms with E-state index in [2.05, 4.69) is 15.0 Å². The van der Waals surface area contributed by atoms with Crippen LogP contribution in [0.3, 0.4) is 0 Å². The SMILES string of the molecule is CC(OC(=O)c1ccc2nc(Cl)ccc2c1)c1nc2ccccc2c(=O)[nH]1. The van der Waals surface area contributed by atoms with Gasteiger partial charge in [0.2, 0.25) is 0 Å². The Morgan fingerprint density at radius 3 is 2.74 bits per heavy atom. The van der Waals surface area contributed by atoms with E-state index in [0.717, 1.165) is 5.39 Å². The number of hydrogen-bond acceptors (Lipinski definition) is 5. The first-order chi connectivity index (χ1) is 13.0. The lowest BCUT2D eigenvalue weighted by molar-refractivity contribution is 0.0320. The average Bonchev–Trinajstić information content (AvgIpc) is 2.67. The number of aromatic nitrogens is 3. The number of carbonyl (C=O) groups excluding carboxylic acids is 1. The molecule has 2 aromatic heterocycles. The number of halogens is 1. The molecule has 0 amide bonds. The summed E-state index contributed by atoms with van der Waals surface area (Å²) in [6, 6.07) is 15.5. The fourth-order valence-corrected chi connectivity index (χ4v) is 2.96. The predicted octanol–water partition coefficient (Wildman–Crippen LogP) is 4.04. The van der Waals surface area contributed by atoms with Gasteiger partial charge >= 0.3 is 5.97 Å². The third-order valence-corrected chi connectivity index (χ3v) is 4.40. The molecule has 7 heteroatoms. The summed E-state index contributed by atoms with van der Waals surface area (Å²) in [7, 11) is 0. The van der Waals surface area contributed by atoms with Gasteiger partial charge in [0.1, 0.15) is 5.15 Å². The summed E-state index contributed by atoms with van der Waals surface area (Å²) in [6.45, 7) is 1.66. The van der Waals surface area contributed by atoms with Crippen molar-refractivity contribution in [1.82, 2.24) is 15.0 Å². The monoisotopic (exact) mass is 379 g/mol. The van der Waals surface area contributed by atoms with Gasteiger partial charge in [-0.3, -0.25) is 4.79 Å². The Morgan fingerprint density at radius 2 is 1.89 bits per heavy atom. The predicted molar refractivity (Wildman–Crippen MR) is 103 cm³/mol. The van der Waals surface area contributed by atoms with Gasteiger partial charge in [-0.1, -0.05) is 23.7 Å². The maximum atomic E-state index is 12.5. The Balaban J connectivity index is 1.61. The topological polar surface area (TPSA) is 84.9 Å². The van der Waals surface area contributed by atoms with Crippen molar-refractivity contribution in [3.63, 3.8) is 0 Å². The minimum atomic E-state index is -0.714. The first kappa shape index (κ1) is 17.2. The van der Waals surface area contributed by atoms with Crippen molar-refractivity contribution < 1.29 is 9.53 Å². The van der Waals surface area contributed by atoms with Crippen LogP contribution in [0.5, 0.6) is 0 Å². The second-order valence-corrected chi connectivity index (χ2v) is 6.44. The third kappa shape index (κ3) is 3.39. The van der Waals surface area contributed by atoms with Crippen LogP contribution >= 0.6 is 11.6 Å². The number of benzene rings is 2. The van der Waals surface area contributed by atoms with Gasteiger partial charge in [-0.2, -0.15) is 0 Å². The van der Waals surface area contributed by atoms with E-state index in [4.69, 9.17) is 16.3 Å². The van der Waals surface area contributed by atoms with Crippen molar-refractivity contribution in [2.24, 2.45) is 0 Å². The van der Waals surface area contributed by atoms with E-state index in [1.165, 1.54) is 0 Å². The molecule has 0 bridgehead atoms. The van der Waals surface area contributed by atoms with E-state index >= 15 is 0 Å². The molecule has 0 saturated carbocycles. The molecule has 0 aliphatic carbocycles. The smallest absolute Gasteiger partial charge is 0.338 e. The summed E-state index contributed by atoms with van der Waals surface area (Å²) >= 11 is 5.87. The molecule has 2 aromatic carbocycles. The summed E-state index contributed by atoms with van der Waals surface area (Å²) in [5.74, 6) is -0.226. The zero-order valence-electron chi connectivity index (χ0n) is 14.3. The molecule has 27 heavy (non-hydrogen) atoms. The second-order valence-electron chi connectivity index (χ2n) is 6.06. The molecule has 1 atom stereocenters. The lowest BCUT2D eigenvalue weighted by Crippen LogP contribution is -2.17. The first-order valence-electron chi connectivity index (χ1n) is 8.27. The molecule has 0 spiro atoms. The molecule has 6 nitrogen and oxygen atoms in total. The van der Waals surface area contributed by atoms with E-state index in [1.807, 2.05) is 0 Å². The van der Waals surface area contributed by atoms with Crippen LogP contribution in [0.1, 0.15) is 29.2 Å². The number of hydrogen-bond donors (Lipinski definition) is 1. The van der Waals surface area contributed by atoms with Gasteiger partial charge in [0.05, 0.1) is 22.0 Å². The highest BCUT2D eigenvalue weighted by atomic mass is 35.5. The van der Waals surface area contributed by atoms with Gasteiger partial charge in [0.15, 0.2) is 11.9 Å². The summed E-state index contributed by atoms with van der Waals surface area (Å²) in [6.07, 6.45) is -0.714. The minimum Gasteiger partial charge on any atom is -0.451 e. The van der Waals surface area contributed by atoms with Crippen LogP contribution in [0.25, 0.3) is 21.8 Å². The number of nitrogens with zero attached hydrogens (tertiary/aromatic N) is 2. The highest BCUT2D eigenvalue weighted by Gasteiger charge is 2.17. The molecule has 0 saturated heterocycles. The zero-order chi connectivity index (χ0) is 19.0. The fourth-order valence-electron chi connectivity index (χ4n) is 2.81. The van der Waals surface area contributed by atoms with Gasteiger partial charge in [0.25, 0.3) is 5.56 Å². The zero-order valence-corrected chi connectivity index (χ0v) is 15.0. The van der Waals surface area contributed by atoms with E-state index < -0.39 is 12.1 Å². The number of fused-ring (bicyclic) bond motifs is 2. The molecule has 2 heterocycles. The Kier molecular flexibility index (Phi) is 4.33. The van der Waals surface area contributed by atoms with Gasteiger partial charge in [-0.05, 0) is 49.4 Å². The normalized spacial score (nSPS) is 12.2. The molecule has 4 aromatic rings. The van der Waals surface area contributed by atoms with Crippen LogP contribution in [0.4, 0.5) is 0 Å². The molecular formula is C20H14ClN3O3. The van der Waals surface area contributed by atoms with E-state index in [0.29, 0.717) is 33.0 Å². The maximum Gasteiger partial charge on any atom is 0.338 e. The first-order valence-corrected chi connectivity index (χ1v) is 8.65. The fraction of sp³-hybridized carbons (Fsp3) is 0.100. The lowest BCUT2D eigenvalue weighted by Gasteiger charge is -2.13. The Bertz CT molecular complexity index is 1240. The number of rotatable bonds is 3. The number of esters is 1. The molecule has 0 radical (unpaired) electrons. The van der Waals surface area contributed by atoms with Crippen LogP contribution in [0.2, 0.25) is 5.15 Å². The standard InChI is InChI=1S/C20H14ClN3O3/c1-11(18-23-16-5-3-2-4-14(16)19(25)24-18)27-20(26)13-6-8-15-12(10-13)7-9-17(21)22-15/h2-11H,1H3,(H,23,24,25). The third-order valence-electron chi connectivity index (χ3n) is 4.19. The van der Waals surface area contributed by atoms with Crippen molar-refractivity contribution in [2.75, 3.05) is 0 Å². The molecule has 0 aliphatic rings. The highest BCUT2D eigenvalue weighted by molar-refractivity contribution is 6.29. The summed E-state index contributed by atoms with van der Waals surface area (Å²) in [5, 5.41) is 1.65. The quantitative estimate of drug-likeness (QED) is 0.429. The van der Waals surface area contributed by atoms with Crippen molar-refractivity contribution >= 4 is 39.4 Å². The maximum absolute atomic E-state index is 12.5. The van der Waals surface area contributed by atoms with Crippen molar-refractivity contribution in [3.8, 4) is 0 Å². The average molecular weight is 380 g/mol. The molecule has 1 N–H and O–H groups in total. The van der Waals surface area contributed by atoms with Crippen LogP contribution in [0, 0.1) is 0 Å². The summed E-state index contributed by atoms with van der Waals surface area (Å²) < 4.78 is 5.48. The van der Waals surface area contributed by atoms with Gasteiger partial charge < -0.3 is 9.72 Å². The Labute approximate surface area is 158 Å². The second kappa shape index (κ2) is 6.81. The van der Waals surface area contributed by atoms with Crippen LogP contribution < -0.4 is 5.56 Å². The number of pyridine rings is 1. The van der Waals surface area contributed by atoms with Gasteiger partial charge in [0, 0.05) is 5.39 Å². The number of carbonyl (C=O) groups is 1. The Hall–Kier alpha value is -3.25. The molecule has 0 aliphatic heterocycles. The van der Waals surface area contributed by atoms with Crippen LogP contribution in [-0.2, 0) is 4.74 Å². The molecule has 134 valence electrons. The van der Waals surface area contributed by atoms with Gasteiger partial charge in [-0.25, -0.2) is 14.8 Å². The van der Waals surface area contributed by atoms with E-state index in [1.54, 1.807) is 61.5 Å². The highest BCUT2D eigenvalue weighted by Crippen LogP contribution is 2.20.